The summed E-state index contributed by atoms with van der Waals surface area (Å²) in [6, 6.07) is 10.3. The maximum absolute atomic E-state index is 3.57. The van der Waals surface area contributed by atoms with Crippen LogP contribution >= 0.6 is 0 Å². The van der Waals surface area contributed by atoms with E-state index in [-0.39, 0.29) is 0 Å². The number of aryl methyl sites for hydroxylation is 1. The van der Waals surface area contributed by atoms with E-state index in [9.17, 15) is 0 Å². The van der Waals surface area contributed by atoms with Crippen LogP contribution in [0.25, 0.3) is 0 Å². The molecule has 0 aromatic heterocycles. The lowest BCUT2D eigenvalue weighted by atomic mass is 10.2. The van der Waals surface area contributed by atoms with Crippen LogP contribution < -0.4 is 0 Å². The van der Waals surface area contributed by atoms with Crippen LogP contribution in [0.2, 0.25) is 0 Å². The summed E-state index contributed by atoms with van der Waals surface area (Å²) in [7, 11) is 0. The molecule has 0 unspecified atom stereocenters. The van der Waals surface area contributed by atoms with Gasteiger partial charge in [-0.25, -0.2) is 0 Å². The fourth-order valence-electron chi connectivity index (χ4n) is 0.951. The molecule has 0 saturated heterocycles. The van der Waals surface area contributed by atoms with Crippen molar-refractivity contribution in [2.75, 3.05) is 0 Å². The Labute approximate surface area is 100 Å². The average Bonchev–Trinajstić information content (AvgIpc) is 2.31. The fraction of sp³-hybridized carbons (Fsp3) is 0.250. The third kappa shape index (κ3) is 9.01. The van der Waals surface area contributed by atoms with Gasteiger partial charge in [-0.3, -0.25) is 0 Å². The normalized spacial score (nSPS) is 10.8. The molecular formula is C16H22. The molecule has 1 aromatic carbocycles. The lowest BCUT2D eigenvalue weighted by molar-refractivity contribution is 1.10. The van der Waals surface area contributed by atoms with Gasteiger partial charge in [0.1, 0.15) is 0 Å². The monoisotopic (exact) mass is 214 g/mol. The number of benzene rings is 1. The Morgan fingerprint density at radius 2 is 1.81 bits per heavy atom. The Hall–Kier alpha value is -1.56. The zero-order valence-electron chi connectivity index (χ0n) is 10.6. The number of allylic oxidation sites excluding steroid dienone is 5. The van der Waals surface area contributed by atoms with E-state index in [1.165, 1.54) is 11.1 Å². The van der Waals surface area contributed by atoms with E-state index >= 15 is 0 Å². The van der Waals surface area contributed by atoms with Crippen molar-refractivity contribution >= 4 is 0 Å². The van der Waals surface area contributed by atoms with Gasteiger partial charge in [0.25, 0.3) is 0 Å². The van der Waals surface area contributed by atoms with E-state index < -0.39 is 0 Å². The van der Waals surface area contributed by atoms with Gasteiger partial charge in [-0.05, 0) is 20.3 Å². The first kappa shape index (κ1) is 14.4. The molecule has 0 radical (unpaired) electrons. The highest BCUT2D eigenvalue weighted by Crippen LogP contribution is 1.97. The summed E-state index contributed by atoms with van der Waals surface area (Å²) in [4.78, 5) is 0. The third-order valence-electron chi connectivity index (χ3n) is 2.13. The Bertz CT molecular complexity index is 328. The summed E-state index contributed by atoms with van der Waals surface area (Å²) in [5.74, 6) is 0. The minimum atomic E-state index is 1.13. The van der Waals surface area contributed by atoms with E-state index in [2.05, 4.69) is 45.6 Å². The van der Waals surface area contributed by atoms with E-state index in [1.54, 1.807) is 6.08 Å². The van der Waals surface area contributed by atoms with E-state index in [0.29, 0.717) is 0 Å². The molecule has 0 heterocycles. The molecule has 16 heavy (non-hydrogen) atoms. The zero-order valence-corrected chi connectivity index (χ0v) is 10.6. The van der Waals surface area contributed by atoms with Gasteiger partial charge in [-0.15, -0.1) is 0 Å². The smallest absolute Gasteiger partial charge is 0.0349 e. The summed E-state index contributed by atoms with van der Waals surface area (Å²) in [6.45, 7) is 9.92. The van der Waals surface area contributed by atoms with Crippen molar-refractivity contribution in [3.63, 3.8) is 0 Å². The van der Waals surface area contributed by atoms with Crippen LogP contribution in [-0.2, 0) is 0 Å². The standard InChI is InChI=1S/C9H14.C7H8/c1-4-6-7-8-9(3)5-2;1-7-5-3-2-4-6-7/h4,6-8H,1,5H2,2-3H3;2-6H,1H3/b7-6-,9-8-;. The molecule has 0 N–H and O–H groups in total. The average molecular weight is 214 g/mol. The molecule has 1 rings (SSSR count). The third-order valence-corrected chi connectivity index (χ3v) is 2.13. The van der Waals surface area contributed by atoms with Crippen LogP contribution in [0.4, 0.5) is 0 Å². The van der Waals surface area contributed by atoms with Crippen molar-refractivity contribution in [2.24, 2.45) is 0 Å². The molecule has 0 saturated carbocycles. The van der Waals surface area contributed by atoms with Gasteiger partial charge in [-0.2, -0.15) is 0 Å². The zero-order chi connectivity index (χ0) is 12.2. The Balaban J connectivity index is 0.000000288. The van der Waals surface area contributed by atoms with Gasteiger partial charge in [0.15, 0.2) is 0 Å². The molecule has 0 aliphatic rings. The summed E-state index contributed by atoms with van der Waals surface area (Å²) in [5, 5.41) is 0. The fourth-order valence-corrected chi connectivity index (χ4v) is 0.951. The predicted octanol–water partition coefficient (Wildman–Crippen LogP) is 5.08. The van der Waals surface area contributed by atoms with Crippen molar-refractivity contribution in [1.29, 1.82) is 0 Å². The van der Waals surface area contributed by atoms with E-state index in [0.717, 1.165) is 6.42 Å². The number of hydrogen-bond acceptors (Lipinski definition) is 0. The molecule has 0 bridgehead atoms. The maximum atomic E-state index is 3.57. The predicted molar refractivity (Wildman–Crippen MR) is 74.6 cm³/mol. The highest BCUT2D eigenvalue weighted by Gasteiger charge is 1.76. The summed E-state index contributed by atoms with van der Waals surface area (Å²) in [5.41, 5.74) is 2.72. The van der Waals surface area contributed by atoms with Crippen molar-refractivity contribution < 1.29 is 0 Å². The molecule has 0 aliphatic carbocycles. The second kappa shape index (κ2) is 9.97. The van der Waals surface area contributed by atoms with Crippen molar-refractivity contribution in [2.45, 2.75) is 27.2 Å². The van der Waals surface area contributed by atoms with Gasteiger partial charge < -0.3 is 0 Å². The lowest BCUT2D eigenvalue weighted by Crippen LogP contribution is -1.66. The van der Waals surface area contributed by atoms with Gasteiger partial charge in [0.2, 0.25) is 0 Å². The topological polar surface area (TPSA) is 0 Å². The Morgan fingerprint density at radius 3 is 2.19 bits per heavy atom. The van der Waals surface area contributed by atoms with Crippen LogP contribution in [0.1, 0.15) is 25.8 Å². The van der Waals surface area contributed by atoms with Gasteiger partial charge in [-0.1, -0.05) is 79.3 Å². The first-order chi connectivity index (χ1) is 7.70. The van der Waals surface area contributed by atoms with Crippen molar-refractivity contribution in [3.8, 4) is 0 Å². The molecule has 0 amide bonds. The molecule has 0 fully saturated rings. The lowest BCUT2D eigenvalue weighted by Gasteiger charge is -1.87. The summed E-state index contributed by atoms with van der Waals surface area (Å²) < 4.78 is 0. The van der Waals surface area contributed by atoms with Crippen LogP contribution in [0.5, 0.6) is 0 Å². The quantitative estimate of drug-likeness (QED) is 0.615. The molecule has 1 aromatic rings. The number of hydrogen-bond donors (Lipinski definition) is 0. The highest BCUT2D eigenvalue weighted by molar-refractivity contribution is 5.13. The first-order valence-electron chi connectivity index (χ1n) is 5.67. The Kier molecular flexibility index (Phi) is 9.00. The maximum Gasteiger partial charge on any atom is -0.0349 e. The largest absolute Gasteiger partial charge is 0.0991 e. The van der Waals surface area contributed by atoms with E-state index in [1.807, 2.05) is 30.4 Å². The molecule has 86 valence electrons. The van der Waals surface area contributed by atoms with Crippen molar-refractivity contribution in [1.82, 2.24) is 0 Å². The summed E-state index contributed by atoms with van der Waals surface area (Å²) >= 11 is 0. The van der Waals surface area contributed by atoms with Gasteiger partial charge in [0, 0.05) is 0 Å². The van der Waals surface area contributed by atoms with Crippen LogP contribution in [0.3, 0.4) is 0 Å². The minimum absolute atomic E-state index is 1.13. The second-order valence-corrected chi connectivity index (χ2v) is 3.64. The highest BCUT2D eigenvalue weighted by atomic mass is 13.8. The molecular weight excluding hydrogens is 192 g/mol. The molecule has 0 heteroatoms. The van der Waals surface area contributed by atoms with Crippen molar-refractivity contribution in [3.05, 3.63) is 72.4 Å². The minimum Gasteiger partial charge on any atom is -0.0991 e. The van der Waals surface area contributed by atoms with Crippen LogP contribution in [0, 0.1) is 6.92 Å². The molecule has 0 aliphatic heterocycles. The summed E-state index contributed by atoms with van der Waals surface area (Å²) in [6.07, 6.45) is 8.94. The second-order valence-electron chi connectivity index (χ2n) is 3.64. The van der Waals surface area contributed by atoms with E-state index in [4.69, 9.17) is 0 Å². The first-order valence-corrected chi connectivity index (χ1v) is 5.67. The molecule has 0 atom stereocenters. The van der Waals surface area contributed by atoms with Gasteiger partial charge >= 0.3 is 0 Å². The van der Waals surface area contributed by atoms with Crippen LogP contribution in [0.15, 0.2) is 66.8 Å². The van der Waals surface area contributed by atoms with Gasteiger partial charge in [0.05, 0.1) is 0 Å². The SMILES string of the molecule is C=C/C=C\C=C(\C)CC.Cc1ccccc1. The molecule has 0 spiro atoms. The van der Waals surface area contributed by atoms with Crippen LogP contribution in [-0.4, -0.2) is 0 Å². The Morgan fingerprint density at radius 1 is 1.19 bits per heavy atom. The number of rotatable bonds is 3. The molecule has 0 nitrogen and oxygen atoms in total.